The Morgan fingerprint density at radius 1 is 1.00 bits per heavy atom. The van der Waals surface area contributed by atoms with Gasteiger partial charge in [0.25, 0.3) is 0 Å². The first-order chi connectivity index (χ1) is 16.8. The molecule has 0 fully saturated rings. The number of fused-ring (bicyclic) bond motifs is 1. The number of ether oxygens (including phenoxy) is 1. The van der Waals surface area contributed by atoms with E-state index in [1.807, 2.05) is 55.5 Å². The molecule has 1 atom stereocenters. The topological polar surface area (TPSA) is 66.8 Å². The van der Waals surface area contributed by atoms with Gasteiger partial charge in [-0.3, -0.25) is 9.59 Å². The lowest BCUT2D eigenvalue weighted by molar-refractivity contribution is -0.144. The fraction of sp³-hybridized carbons (Fsp3) is 0.310. The second kappa shape index (κ2) is 10.7. The van der Waals surface area contributed by atoms with Crippen molar-refractivity contribution < 1.29 is 23.8 Å². The zero-order valence-electron chi connectivity index (χ0n) is 19.9. The van der Waals surface area contributed by atoms with E-state index in [1.165, 1.54) is 17.0 Å². The zero-order chi connectivity index (χ0) is 24.8. The molecule has 1 N–H and O–H groups in total. The van der Waals surface area contributed by atoms with Gasteiger partial charge in [-0.2, -0.15) is 0 Å². The average molecular weight is 476 g/mol. The third kappa shape index (κ3) is 6.69. The van der Waals surface area contributed by atoms with Gasteiger partial charge in [0.2, 0.25) is 5.91 Å². The van der Waals surface area contributed by atoms with Crippen molar-refractivity contribution in [2.24, 2.45) is 0 Å². The lowest BCUT2D eigenvalue weighted by Crippen LogP contribution is -2.37. The summed E-state index contributed by atoms with van der Waals surface area (Å²) in [6, 6.07) is 22.1. The highest BCUT2D eigenvalue weighted by Crippen LogP contribution is 2.37. The molecule has 0 saturated carbocycles. The third-order valence-electron chi connectivity index (χ3n) is 6.31. The van der Waals surface area contributed by atoms with Crippen LogP contribution in [-0.4, -0.2) is 40.6 Å². The number of amides is 1. The monoisotopic (exact) mass is 475 g/mol. The maximum Gasteiger partial charge on any atom is 0.323 e. The molecule has 182 valence electrons. The predicted octanol–water partition coefficient (Wildman–Crippen LogP) is 4.85. The number of carboxylic acids is 1. The lowest BCUT2D eigenvalue weighted by Gasteiger charge is -2.24. The second-order valence-corrected chi connectivity index (χ2v) is 9.45. The van der Waals surface area contributed by atoms with Gasteiger partial charge in [0.05, 0.1) is 6.42 Å². The van der Waals surface area contributed by atoms with Gasteiger partial charge in [0, 0.05) is 19.4 Å². The molecule has 1 heterocycles. The van der Waals surface area contributed by atoms with Crippen LogP contribution < -0.4 is 4.74 Å². The summed E-state index contributed by atoms with van der Waals surface area (Å²) in [5, 5.41) is 9.30. The molecule has 1 aliphatic heterocycles. The van der Waals surface area contributed by atoms with Crippen molar-refractivity contribution in [3.05, 3.63) is 101 Å². The molecule has 0 saturated heterocycles. The molecule has 1 unspecified atom stereocenters. The molecule has 0 bridgehead atoms. The second-order valence-electron chi connectivity index (χ2n) is 9.45. The van der Waals surface area contributed by atoms with E-state index in [1.54, 1.807) is 12.1 Å². The number of carbonyl (C=O) groups is 2. The van der Waals surface area contributed by atoms with Crippen LogP contribution in [0.5, 0.6) is 5.75 Å². The fourth-order valence-corrected chi connectivity index (χ4v) is 4.68. The molecule has 1 amide bonds. The van der Waals surface area contributed by atoms with E-state index < -0.39 is 11.6 Å². The SMILES string of the molecule is CC1(Cc2ccc(F)cc2)Cc2cc(CC(=O)N(CCCc3ccccc3)CC(=O)O)ccc2O1. The highest BCUT2D eigenvalue weighted by Gasteiger charge is 2.35. The van der Waals surface area contributed by atoms with Crippen molar-refractivity contribution in [3.63, 3.8) is 0 Å². The molecule has 0 aromatic heterocycles. The molecular weight excluding hydrogens is 445 g/mol. The highest BCUT2D eigenvalue weighted by atomic mass is 19.1. The smallest absolute Gasteiger partial charge is 0.323 e. The summed E-state index contributed by atoms with van der Waals surface area (Å²) in [5.41, 5.74) is 3.57. The van der Waals surface area contributed by atoms with Crippen LogP contribution in [0.3, 0.4) is 0 Å². The number of rotatable bonds is 10. The normalized spacial score (nSPS) is 16.4. The number of benzene rings is 3. The maximum atomic E-state index is 13.2. The summed E-state index contributed by atoms with van der Waals surface area (Å²) in [7, 11) is 0. The summed E-state index contributed by atoms with van der Waals surface area (Å²) in [6.07, 6.45) is 2.94. The Hall–Kier alpha value is -3.67. The highest BCUT2D eigenvalue weighted by molar-refractivity contribution is 5.83. The van der Waals surface area contributed by atoms with Gasteiger partial charge >= 0.3 is 5.97 Å². The largest absolute Gasteiger partial charge is 0.487 e. The van der Waals surface area contributed by atoms with Crippen molar-refractivity contribution >= 4 is 11.9 Å². The van der Waals surface area contributed by atoms with Gasteiger partial charge < -0.3 is 14.7 Å². The van der Waals surface area contributed by atoms with Crippen LogP contribution in [0.15, 0.2) is 72.8 Å². The lowest BCUT2D eigenvalue weighted by atomic mass is 9.91. The molecule has 1 aliphatic rings. The Kier molecular flexibility index (Phi) is 7.49. The molecule has 4 rings (SSSR count). The number of aryl methyl sites for hydroxylation is 1. The van der Waals surface area contributed by atoms with Gasteiger partial charge in [-0.25, -0.2) is 4.39 Å². The van der Waals surface area contributed by atoms with Crippen molar-refractivity contribution in [2.75, 3.05) is 13.1 Å². The van der Waals surface area contributed by atoms with E-state index in [9.17, 15) is 19.1 Å². The quantitative estimate of drug-likeness (QED) is 0.455. The van der Waals surface area contributed by atoms with Gasteiger partial charge in [-0.1, -0.05) is 54.6 Å². The van der Waals surface area contributed by atoms with Crippen LogP contribution in [0.1, 0.15) is 35.6 Å². The molecule has 0 spiro atoms. The van der Waals surface area contributed by atoms with Crippen LogP contribution in [0.25, 0.3) is 0 Å². The van der Waals surface area contributed by atoms with E-state index in [-0.39, 0.29) is 24.7 Å². The van der Waals surface area contributed by atoms with Crippen molar-refractivity contribution in [1.29, 1.82) is 0 Å². The fourth-order valence-electron chi connectivity index (χ4n) is 4.68. The van der Waals surface area contributed by atoms with Crippen LogP contribution in [0, 0.1) is 5.82 Å². The molecule has 5 nitrogen and oxygen atoms in total. The van der Waals surface area contributed by atoms with Crippen LogP contribution in [0.4, 0.5) is 4.39 Å². The standard InChI is InChI=1S/C29H30FNO4/c1-29(18-22-9-12-25(30)13-10-22)19-24-16-23(11-14-26(24)35-29)17-27(32)31(20-28(33)34)15-5-8-21-6-3-2-4-7-21/h2-4,6-7,9-14,16H,5,8,15,17-20H2,1H3,(H,33,34). The number of nitrogens with zero attached hydrogens (tertiary/aromatic N) is 1. The first kappa shape index (κ1) is 24.5. The first-order valence-electron chi connectivity index (χ1n) is 11.9. The average Bonchev–Trinajstić information content (AvgIpc) is 3.15. The Balaban J connectivity index is 1.37. The maximum absolute atomic E-state index is 13.2. The van der Waals surface area contributed by atoms with Gasteiger partial charge in [0.15, 0.2) is 0 Å². The van der Waals surface area contributed by atoms with E-state index in [0.717, 1.165) is 34.4 Å². The third-order valence-corrected chi connectivity index (χ3v) is 6.31. The molecule has 0 aliphatic carbocycles. The number of hydrogen-bond acceptors (Lipinski definition) is 3. The molecule has 35 heavy (non-hydrogen) atoms. The molecule has 0 radical (unpaired) electrons. The van der Waals surface area contributed by atoms with Gasteiger partial charge in [-0.15, -0.1) is 0 Å². The number of carboxylic acid groups (broad SMARTS) is 1. The Morgan fingerprint density at radius 3 is 2.43 bits per heavy atom. The van der Waals surface area contributed by atoms with E-state index in [4.69, 9.17) is 4.74 Å². The minimum Gasteiger partial charge on any atom is -0.487 e. The number of aliphatic carboxylic acids is 1. The molecule has 3 aromatic rings. The first-order valence-corrected chi connectivity index (χ1v) is 11.9. The molecule has 3 aromatic carbocycles. The summed E-state index contributed by atoms with van der Waals surface area (Å²) in [5.74, 6) is -0.692. The molecular formula is C29H30FNO4. The zero-order valence-corrected chi connectivity index (χ0v) is 19.9. The van der Waals surface area contributed by atoms with Crippen LogP contribution in [0.2, 0.25) is 0 Å². The summed E-state index contributed by atoms with van der Waals surface area (Å²) < 4.78 is 19.5. The van der Waals surface area contributed by atoms with E-state index in [2.05, 4.69) is 0 Å². The summed E-state index contributed by atoms with van der Waals surface area (Å²) in [6.45, 7) is 2.11. The number of carbonyl (C=O) groups excluding carboxylic acids is 1. The Labute approximate surface area is 205 Å². The van der Waals surface area contributed by atoms with E-state index in [0.29, 0.717) is 25.8 Å². The van der Waals surface area contributed by atoms with Gasteiger partial charge in [0.1, 0.15) is 23.7 Å². The minimum absolute atomic E-state index is 0.139. The van der Waals surface area contributed by atoms with Crippen molar-refractivity contribution in [2.45, 2.75) is 44.6 Å². The number of halogens is 1. The molecule has 6 heteroatoms. The Bertz CT molecular complexity index is 1180. The summed E-state index contributed by atoms with van der Waals surface area (Å²) >= 11 is 0. The van der Waals surface area contributed by atoms with Crippen LogP contribution >= 0.6 is 0 Å². The summed E-state index contributed by atoms with van der Waals surface area (Å²) in [4.78, 5) is 25.8. The van der Waals surface area contributed by atoms with Gasteiger partial charge in [-0.05, 0) is 60.2 Å². The Morgan fingerprint density at radius 2 is 1.71 bits per heavy atom. The number of hydrogen-bond donors (Lipinski definition) is 1. The van der Waals surface area contributed by atoms with Crippen LogP contribution in [-0.2, 0) is 35.3 Å². The van der Waals surface area contributed by atoms with Crippen molar-refractivity contribution in [1.82, 2.24) is 4.90 Å². The minimum atomic E-state index is -1.02. The van der Waals surface area contributed by atoms with E-state index >= 15 is 0 Å². The predicted molar refractivity (Wildman–Crippen MR) is 132 cm³/mol. The van der Waals surface area contributed by atoms with Crippen molar-refractivity contribution in [3.8, 4) is 5.75 Å².